The van der Waals surface area contributed by atoms with Crippen molar-refractivity contribution in [2.24, 2.45) is 5.73 Å². The molecule has 0 saturated heterocycles. The van der Waals surface area contributed by atoms with Gasteiger partial charge >= 0.3 is 0 Å². The minimum absolute atomic E-state index is 0.207. The lowest BCUT2D eigenvalue weighted by Gasteiger charge is -2.08. The molecule has 1 unspecified atom stereocenters. The molecule has 2 N–H and O–H groups in total. The van der Waals surface area contributed by atoms with Crippen molar-refractivity contribution in [3.8, 4) is 0 Å². The van der Waals surface area contributed by atoms with Crippen LogP contribution >= 0.6 is 0 Å². The van der Waals surface area contributed by atoms with Crippen LogP contribution in [0.1, 0.15) is 18.1 Å². The fraction of sp³-hybridized carbons (Fsp3) is 0.308. The van der Waals surface area contributed by atoms with Gasteiger partial charge in [-0.2, -0.15) is 0 Å². The first-order valence-corrected chi connectivity index (χ1v) is 5.26. The number of fused-ring (bicyclic) bond motifs is 1. The van der Waals surface area contributed by atoms with E-state index in [0.29, 0.717) is 0 Å². The summed E-state index contributed by atoms with van der Waals surface area (Å²) in [6.07, 6.45) is 2.76. The SMILES string of the molecule is Cc1cc(CC(C)N)cc2cccnc12. The third kappa shape index (κ3) is 2.16. The van der Waals surface area contributed by atoms with Gasteiger partial charge in [-0.25, -0.2) is 0 Å². The Bertz CT molecular complexity index is 475. The van der Waals surface area contributed by atoms with Gasteiger partial charge < -0.3 is 5.73 Å². The van der Waals surface area contributed by atoms with Crippen LogP contribution < -0.4 is 5.73 Å². The lowest BCUT2D eigenvalue weighted by Crippen LogP contribution is -2.17. The first kappa shape index (κ1) is 10.1. The zero-order chi connectivity index (χ0) is 10.8. The average molecular weight is 200 g/mol. The minimum atomic E-state index is 0.207. The zero-order valence-corrected chi connectivity index (χ0v) is 9.20. The maximum Gasteiger partial charge on any atom is 0.0731 e. The summed E-state index contributed by atoms with van der Waals surface area (Å²) >= 11 is 0. The molecular weight excluding hydrogens is 184 g/mol. The van der Waals surface area contributed by atoms with Crippen LogP contribution in [0, 0.1) is 6.92 Å². The quantitative estimate of drug-likeness (QED) is 0.808. The number of benzene rings is 1. The molecule has 0 aliphatic carbocycles. The van der Waals surface area contributed by atoms with E-state index in [0.717, 1.165) is 11.9 Å². The van der Waals surface area contributed by atoms with Gasteiger partial charge in [0.2, 0.25) is 0 Å². The Hall–Kier alpha value is -1.41. The summed E-state index contributed by atoms with van der Waals surface area (Å²) in [4.78, 5) is 4.37. The van der Waals surface area contributed by atoms with Crippen LogP contribution in [-0.2, 0) is 6.42 Å². The Morgan fingerprint density at radius 3 is 2.93 bits per heavy atom. The average Bonchev–Trinajstić information content (AvgIpc) is 2.16. The molecular formula is C13H16N2. The highest BCUT2D eigenvalue weighted by Gasteiger charge is 2.03. The second-order valence-corrected chi connectivity index (χ2v) is 4.17. The molecule has 2 heteroatoms. The van der Waals surface area contributed by atoms with Gasteiger partial charge in [0.05, 0.1) is 5.52 Å². The van der Waals surface area contributed by atoms with Gasteiger partial charge in [0.1, 0.15) is 0 Å². The number of rotatable bonds is 2. The lowest BCUT2D eigenvalue weighted by atomic mass is 10.0. The van der Waals surface area contributed by atoms with Crippen molar-refractivity contribution < 1.29 is 0 Å². The van der Waals surface area contributed by atoms with Gasteiger partial charge in [-0.15, -0.1) is 0 Å². The summed E-state index contributed by atoms with van der Waals surface area (Å²) < 4.78 is 0. The molecule has 0 spiro atoms. The molecule has 0 aliphatic rings. The third-order valence-corrected chi connectivity index (χ3v) is 2.51. The Morgan fingerprint density at radius 1 is 1.40 bits per heavy atom. The second kappa shape index (κ2) is 3.99. The monoisotopic (exact) mass is 200 g/mol. The molecule has 2 nitrogen and oxygen atoms in total. The number of hydrogen-bond acceptors (Lipinski definition) is 2. The van der Waals surface area contributed by atoms with Gasteiger partial charge in [0, 0.05) is 17.6 Å². The third-order valence-electron chi connectivity index (χ3n) is 2.51. The van der Waals surface area contributed by atoms with E-state index < -0.39 is 0 Å². The Kier molecular flexibility index (Phi) is 2.69. The van der Waals surface area contributed by atoms with Crippen LogP contribution in [0.2, 0.25) is 0 Å². The van der Waals surface area contributed by atoms with Crippen LogP contribution in [0.4, 0.5) is 0 Å². The highest BCUT2D eigenvalue weighted by molar-refractivity contribution is 5.82. The molecule has 15 heavy (non-hydrogen) atoms. The zero-order valence-electron chi connectivity index (χ0n) is 9.20. The standard InChI is InChI=1S/C13H16N2/c1-9-6-11(7-10(2)14)8-12-4-3-5-15-13(9)12/h3-6,8,10H,7,14H2,1-2H3. The number of aromatic nitrogens is 1. The fourth-order valence-corrected chi connectivity index (χ4v) is 1.94. The van der Waals surface area contributed by atoms with Crippen LogP contribution in [0.15, 0.2) is 30.5 Å². The summed E-state index contributed by atoms with van der Waals surface area (Å²) in [5.41, 5.74) is 9.41. The van der Waals surface area contributed by atoms with E-state index in [1.54, 1.807) is 0 Å². The van der Waals surface area contributed by atoms with Gasteiger partial charge in [0.25, 0.3) is 0 Å². The van der Waals surface area contributed by atoms with Crippen LogP contribution in [0.25, 0.3) is 10.9 Å². The summed E-state index contributed by atoms with van der Waals surface area (Å²) in [5, 5.41) is 1.20. The molecule has 1 heterocycles. The van der Waals surface area contributed by atoms with Crippen molar-refractivity contribution in [2.45, 2.75) is 26.3 Å². The molecule has 78 valence electrons. The van der Waals surface area contributed by atoms with E-state index in [-0.39, 0.29) is 6.04 Å². The van der Waals surface area contributed by atoms with Crippen molar-refractivity contribution in [1.29, 1.82) is 0 Å². The number of nitrogens with zero attached hydrogens (tertiary/aromatic N) is 1. The Morgan fingerprint density at radius 2 is 2.20 bits per heavy atom. The number of aryl methyl sites for hydroxylation is 1. The Labute approximate surface area is 90.1 Å². The van der Waals surface area contributed by atoms with E-state index in [2.05, 4.69) is 30.1 Å². The molecule has 1 aromatic heterocycles. The number of nitrogens with two attached hydrogens (primary N) is 1. The second-order valence-electron chi connectivity index (χ2n) is 4.17. The van der Waals surface area contributed by atoms with E-state index in [9.17, 15) is 0 Å². The fourth-order valence-electron chi connectivity index (χ4n) is 1.94. The molecule has 0 fully saturated rings. The number of hydrogen-bond donors (Lipinski definition) is 1. The minimum Gasteiger partial charge on any atom is -0.328 e. The van der Waals surface area contributed by atoms with E-state index in [1.807, 2.05) is 19.2 Å². The molecule has 0 bridgehead atoms. The summed E-state index contributed by atoms with van der Waals surface area (Å²) in [6.45, 7) is 4.13. The molecule has 2 rings (SSSR count). The largest absolute Gasteiger partial charge is 0.328 e. The first-order chi connectivity index (χ1) is 7.16. The molecule has 1 atom stereocenters. The van der Waals surface area contributed by atoms with Crippen molar-refractivity contribution >= 4 is 10.9 Å². The van der Waals surface area contributed by atoms with E-state index in [4.69, 9.17) is 5.73 Å². The van der Waals surface area contributed by atoms with Gasteiger partial charge in [-0.3, -0.25) is 4.98 Å². The summed E-state index contributed by atoms with van der Waals surface area (Å²) in [7, 11) is 0. The molecule has 0 radical (unpaired) electrons. The van der Waals surface area contributed by atoms with Crippen LogP contribution in [0.3, 0.4) is 0 Å². The highest BCUT2D eigenvalue weighted by atomic mass is 14.6. The van der Waals surface area contributed by atoms with Crippen LogP contribution in [0.5, 0.6) is 0 Å². The van der Waals surface area contributed by atoms with Gasteiger partial charge in [-0.05, 0) is 43.5 Å². The smallest absolute Gasteiger partial charge is 0.0731 e. The van der Waals surface area contributed by atoms with E-state index >= 15 is 0 Å². The molecule has 0 saturated carbocycles. The highest BCUT2D eigenvalue weighted by Crippen LogP contribution is 2.18. The maximum absolute atomic E-state index is 5.80. The van der Waals surface area contributed by atoms with Crippen molar-refractivity contribution in [1.82, 2.24) is 4.98 Å². The normalized spacial score (nSPS) is 13.0. The summed E-state index contributed by atoms with van der Waals surface area (Å²) in [6, 6.07) is 8.63. The van der Waals surface area contributed by atoms with Gasteiger partial charge in [0.15, 0.2) is 0 Å². The molecule has 0 amide bonds. The number of pyridine rings is 1. The lowest BCUT2D eigenvalue weighted by molar-refractivity contribution is 0.738. The molecule has 2 aromatic rings. The molecule has 0 aliphatic heterocycles. The van der Waals surface area contributed by atoms with E-state index in [1.165, 1.54) is 16.5 Å². The van der Waals surface area contributed by atoms with Crippen LogP contribution in [-0.4, -0.2) is 11.0 Å². The Balaban J connectivity index is 2.52. The molecule has 1 aromatic carbocycles. The van der Waals surface area contributed by atoms with Crippen molar-refractivity contribution in [2.75, 3.05) is 0 Å². The van der Waals surface area contributed by atoms with Gasteiger partial charge in [-0.1, -0.05) is 12.1 Å². The topological polar surface area (TPSA) is 38.9 Å². The van der Waals surface area contributed by atoms with Crippen molar-refractivity contribution in [3.63, 3.8) is 0 Å². The predicted octanol–water partition coefficient (Wildman–Crippen LogP) is 2.43. The maximum atomic E-state index is 5.80. The summed E-state index contributed by atoms with van der Waals surface area (Å²) in [5.74, 6) is 0. The predicted molar refractivity (Wildman–Crippen MR) is 63.8 cm³/mol. The first-order valence-electron chi connectivity index (χ1n) is 5.26. The van der Waals surface area contributed by atoms with Crippen molar-refractivity contribution in [3.05, 3.63) is 41.6 Å².